The van der Waals surface area contributed by atoms with Crippen LogP contribution in [0.2, 0.25) is 0 Å². The van der Waals surface area contributed by atoms with Gasteiger partial charge in [-0.3, -0.25) is 0 Å². The number of rotatable bonds is 2. The summed E-state index contributed by atoms with van der Waals surface area (Å²) in [4.78, 5) is 2.39. The summed E-state index contributed by atoms with van der Waals surface area (Å²) in [5.41, 5.74) is 11.6. The molecule has 3 nitrogen and oxygen atoms in total. The SMILES string of the molecule is N#CCc1cc(N2CCc3ccccc3CC2)ccc1N. The minimum absolute atomic E-state index is 0.369. The van der Waals surface area contributed by atoms with Gasteiger partial charge in [0.25, 0.3) is 0 Å². The van der Waals surface area contributed by atoms with E-state index in [0.717, 1.165) is 31.5 Å². The molecule has 1 aliphatic heterocycles. The molecule has 0 bridgehead atoms. The van der Waals surface area contributed by atoms with E-state index in [4.69, 9.17) is 11.0 Å². The normalized spacial score (nSPS) is 14.1. The van der Waals surface area contributed by atoms with Crippen LogP contribution in [0.3, 0.4) is 0 Å². The minimum Gasteiger partial charge on any atom is -0.398 e. The van der Waals surface area contributed by atoms with Crippen LogP contribution in [0.5, 0.6) is 0 Å². The van der Waals surface area contributed by atoms with Crippen molar-refractivity contribution in [2.75, 3.05) is 23.7 Å². The molecule has 0 aromatic heterocycles. The van der Waals surface area contributed by atoms with Crippen LogP contribution in [0.15, 0.2) is 42.5 Å². The fourth-order valence-corrected chi connectivity index (χ4v) is 2.95. The molecule has 21 heavy (non-hydrogen) atoms. The van der Waals surface area contributed by atoms with Crippen molar-refractivity contribution >= 4 is 11.4 Å². The third-order valence-electron chi connectivity index (χ3n) is 4.18. The molecule has 0 saturated heterocycles. The van der Waals surface area contributed by atoms with Gasteiger partial charge in [-0.05, 0) is 47.7 Å². The molecule has 0 fully saturated rings. The van der Waals surface area contributed by atoms with Gasteiger partial charge < -0.3 is 10.6 Å². The second-order valence-electron chi connectivity index (χ2n) is 5.47. The fraction of sp³-hybridized carbons (Fsp3) is 0.278. The highest BCUT2D eigenvalue weighted by molar-refractivity contribution is 5.59. The number of nitriles is 1. The molecule has 0 radical (unpaired) electrons. The highest BCUT2D eigenvalue weighted by Crippen LogP contribution is 2.24. The number of benzene rings is 2. The molecule has 1 aliphatic rings. The van der Waals surface area contributed by atoms with E-state index in [1.165, 1.54) is 16.8 Å². The molecular formula is C18H19N3. The Hall–Kier alpha value is -2.47. The molecular weight excluding hydrogens is 258 g/mol. The van der Waals surface area contributed by atoms with E-state index in [1.54, 1.807) is 0 Å². The van der Waals surface area contributed by atoms with E-state index in [1.807, 2.05) is 6.07 Å². The van der Waals surface area contributed by atoms with E-state index < -0.39 is 0 Å². The average molecular weight is 277 g/mol. The van der Waals surface area contributed by atoms with Gasteiger partial charge in [0.15, 0.2) is 0 Å². The Kier molecular flexibility index (Phi) is 3.79. The number of nitrogens with two attached hydrogens (primary N) is 1. The first-order chi connectivity index (χ1) is 10.3. The topological polar surface area (TPSA) is 53.0 Å². The van der Waals surface area contributed by atoms with Crippen LogP contribution in [-0.4, -0.2) is 13.1 Å². The number of nitrogens with zero attached hydrogens (tertiary/aromatic N) is 2. The van der Waals surface area contributed by atoms with Crippen molar-refractivity contribution in [3.05, 3.63) is 59.2 Å². The summed E-state index contributed by atoms with van der Waals surface area (Å²) in [6, 6.07) is 16.9. The van der Waals surface area contributed by atoms with Crippen LogP contribution in [0.1, 0.15) is 16.7 Å². The van der Waals surface area contributed by atoms with Gasteiger partial charge in [0, 0.05) is 24.5 Å². The molecule has 0 spiro atoms. The summed E-state index contributed by atoms with van der Waals surface area (Å²) in [5.74, 6) is 0. The maximum absolute atomic E-state index is 8.89. The Morgan fingerprint density at radius 2 is 1.71 bits per heavy atom. The van der Waals surface area contributed by atoms with Crippen molar-refractivity contribution in [3.63, 3.8) is 0 Å². The standard InChI is InChI=1S/C18H19N3/c19-10-7-16-13-17(5-6-18(16)20)21-11-8-14-3-1-2-4-15(14)9-12-21/h1-6,13H,7-9,11-12,20H2. The lowest BCUT2D eigenvalue weighted by Gasteiger charge is -2.23. The van der Waals surface area contributed by atoms with Crippen molar-refractivity contribution in [2.45, 2.75) is 19.3 Å². The Morgan fingerprint density at radius 1 is 1.05 bits per heavy atom. The first-order valence-electron chi connectivity index (χ1n) is 7.35. The Bertz CT molecular complexity index is 658. The molecule has 1 heterocycles. The van der Waals surface area contributed by atoms with Gasteiger partial charge in [0.05, 0.1) is 12.5 Å². The summed E-state index contributed by atoms with van der Waals surface area (Å²) in [6.07, 6.45) is 2.50. The largest absolute Gasteiger partial charge is 0.398 e. The predicted molar refractivity (Wildman–Crippen MR) is 86.2 cm³/mol. The van der Waals surface area contributed by atoms with Crippen LogP contribution >= 0.6 is 0 Å². The van der Waals surface area contributed by atoms with E-state index >= 15 is 0 Å². The molecule has 0 amide bonds. The number of fused-ring (bicyclic) bond motifs is 1. The van der Waals surface area contributed by atoms with Gasteiger partial charge in [-0.25, -0.2) is 0 Å². The Labute approximate surface area is 125 Å². The van der Waals surface area contributed by atoms with E-state index in [-0.39, 0.29) is 0 Å². The van der Waals surface area contributed by atoms with Crippen LogP contribution in [0.4, 0.5) is 11.4 Å². The monoisotopic (exact) mass is 277 g/mol. The van der Waals surface area contributed by atoms with Gasteiger partial charge in [-0.15, -0.1) is 0 Å². The second kappa shape index (κ2) is 5.88. The third kappa shape index (κ3) is 2.85. The van der Waals surface area contributed by atoms with Crippen LogP contribution in [0, 0.1) is 11.3 Å². The number of anilines is 2. The zero-order valence-corrected chi connectivity index (χ0v) is 12.0. The van der Waals surface area contributed by atoms with Gasteiger partial charge >= 0.3 is 0 Å². The van der Waals surface area contributed by atoms with Gasteiger partial charge in [0.1, 0.15) is 0 Å². The molecule has 3 heteroatoms. The number of nitrogen functional groups attached to an aromatic ring is 1. The summed E-state index contributed by atoms with van der Waals surface area (Å²) < 4.78 is 0. The van der Waals surface area contributed by atoms with Crippen molar-refractivity contribution in [1.82, 2.24) is 0 Å². The highest BCUT2D eigenvalue weighted by Gasteiger charge is 2.14. The quantitative estimate of drug-likeness (QED) is 0.859. The third-order valence-corrected chi connectivity index (χ3v) is 4.18. The van der Waals surface area contributed by atoms with Crippen LogP contribution < -0.4 is 10.6 Å². The number of hydrogen-bond acceptors (Lipinski definition) is 3. The average Bonchev–Trinajstić information content (AvgIpc) is 2.72. The predicted octanol–water partition coefficient (Wildman–Crippen LogP) is 2.94. The highest BCUT2D eigenvalue weighted by atomic mass is 15.1. The van der Waals surface area contributed by atoms with E-state index in [9.17, 15) is 0 Å². The van der Waals surface area contributed by atoms with E-state index in [0.29, 0.717) is 12.1 Å². The second-order valence-corrected chi connectivity index (χ2v) is 5.47. The summed E-state index contributed by atoms with van der Waals surface area (Å²) >= 11 is 0. The fourth-order valence-electron chi connectivity index (χ4n) is 2.95. The van der Waals surface area contributed by atoms with Crippen molar-refractivity contribution in [3.8, 4) is 6.07 Å². The lowest BCUT2D eigenvalue weighted by molar-refractivity contribution is 0.805. The molecule has 106 valence electrons. The summed E-state index contributed by atoms with van der Waals surface area (Å²) in [5, 5.41) is 8.89. The zero-order chi connectivity index (χ0) is 14.7. The molecule has 0 aliphatic carbocycles. The molecule has 0 saturated carbocycles. The molecule has 0 atom stereocenters. The smallest absolute Gasteiger partial charge is 0.0670 e. The van der Waals surface area contributed by atoms with Gasteiger partial charge in [-0.2, -0.15) is 5.26 Å². The van der Waals surface area contributed by atoms with Crippen molar-refractivity contribution in [2.24, 2.45) is 0 Å². The zero-order valence-electron chi connectivity index (χ0n) is 12.0. The first kappa shape index (κ1) is 13.5. The lowest BCUT2D eigenvalue weighted by Crippen LogP contribution is -2.26. The maximum Gasteiger partial charge on any atom is 0.0670 e. The molecule has 0 unspecified atom stereocenters. The first-order valence-corrected chi connectivity index (χ1v) is 7.35. The molecule has 2 N–H and O–H groups in total. The van der Waals surface area contributed by atoms with Crippen molar-refractivity contribution < 1.29 is 0 Å². The van der Waals surface area contributed by atoms with Gasteiger partial charge in [-0.1, -0.05) is 24.3 Å². The number of hydrogen-bond donors (Lipinski definition) is 1. The Balaban J connectivity index is 1.83. The molecule has 3 rings (SSSR count). The maximum atomic E-state index is 8.89. The molecule has 2 aromatic carbocycles. The Morgan fingerprint density at radius 3 is 2.33 bits per heavy atom. The van der Waals surface area contributed by atoms with Crippen molar-refractivity contribution in [1.29, 1.82) is 5.26 Å². The molecule has 2 aromatic rings. The summed E-state index contributed by atoms with van der Waals surface area (Å²) in [6.45, 7) is 2.01. The van der Waals surface area contributed by atoms with E-state index in [2.05, 4.69) is 47.4 Å². The van der Waals surface area contributed by atoms with Gasteiger partial charge in [0.2, 0.25) is 0 Å². The van der Waals surface area contributed by atoms with Crippen LogP contribution in [0.25, 0.3) is 0 Å². The van der Waals surface area contributed by atoms with Crippen LogP contribution in [-0.2, 0) is 19.3 Å². The summed E-state index contributed by atoms with van der Waals surface area (Å²) in [7, 11) is 0. The minimum atomic E-state index is 0.369. The lowest BCUT2D eigenvalue weighted by atomic mass is 10.0.